The molecular formula is C17H19BrN6. The van der Waals surface area contributed by atoms with Gasteiger partial charge in [0.25, 0.3) is 0 Å². The Labute approximate surface area is 148 Å². The summed E-state index contributed by atoms with van der Waals surface area (Å²) in [6.45, 7) is 2.14. The number of halogens is 1. The second kappa shape index (κ2) is 6.14. The van der Waals surface area contributed by atoms with Crippen molar-refractivity contribution in [2.45, 2.75) is 18.8 Å². The van der Waals surface area contributed by atoms with Crippen molar-refractivity contribution in [3.8, 4) is 11.1 Å². The topological polar surface area (TPSA) is 72.3 Å². The molecule has 0 radical (unpaired) electrons. The zero-order chi connectivity index (χ0) is 16.7. The van der Waals surface area contributed by atoms with E-state index < -0.39 is 0 Å². The third kappa shape index (κ3) is 2.57. The van der Waals surface area contributed by atoms with E-state index in [9.17, 15) is 0 Å². The SMILES string of the molecule is CN1CCC[C@H](c2nc3c(-c4cccnc4)cnn3c(N)c2Br)C1. The molecule has 3 aromatic heterocycles. The van der Waals surface area contributed by atoms with Crippen LogP contribution in [0.1, 0.15) is 24.5 Å². The van der Waals surface area contributed by atoms with Crippen LogP contribution in [0.15, 0.2) is 35.2 Å². The first kappa shape index (κ1) is 15.5. The number of fused-ring (bicyclic) bond motifs is 1. The number of hydrogen-bond donors (Lipinski definition) is 1. The summed E-state index contributed by atoms with van der Waals surface area (Å²) in [7, 11) is 2.15. The highest BCUT2D eigenvalue weighted by Crippen LogP contribution is 2.35. The van der Waals surface area contributed by atoms with Gasteiger partial charge in [-0.05, 0) is 48.4 Å². The second-order valence-corrected chi connectivity index (χ2v) is 7.13. The number of piperidine rings is 1. The number of pyridine rings is 1. The number of nitrogens with two attached hydrogens (primary N) is 1. The maximum Gasteiger partial charge on any atom is 0.165 e. The molecule has 24 heavy (non-hydrogen) atoms. The van der Waals surface area contributed by atoms with E-state index in [2.05, 4.69) is 38.0 Å². The van der Waals surface area contributed by atoms with Gasteiger partial charge in [0.1, 0.15) is 5.82 Å². The van der Waals surface area contributed by atoms with Crippen molar-refractivity contribution in [1.29, 1.82) is 0 Å². The molecule has 0 unspecified atom stereocenters. The smallest absolute Gasteiger partial charge is 0.165 e. The van der Waals surface area contributed by atoms with Crippen LogP contribution in [0.25, 0.3) is 16.8 Å². The average Bonchev–Trinajstić information content (AvgIpc) is 3.03. The van der Waals surface area contributed by atoms with E-state index in [4.69, 9.17) is 10.7 Å². The van der Waals surface area contributed by atoms with Gasteiger partial charge >= 0.3 is 0 Å². The van der Waals surface area contributed by atoms with Crippen LogP contribution >= 0.6 is 15.9 Å². The van der Waals surface area contributed by atoms with E-state index in [0.29, 0.717) is 11.7 Å². The molecule has 0 spiro atoms. The van der Waals surface area contributed by atoms with E-state index in [-0.39, 0.29) is 0 Å². The van der Waals surface area contributed by atoms with Crippen molar-refractivity contribution in [2.75, 3.05) is 25.9 Å². The Morgan fingerprint density at radius 1 is 1.33 bits per heavy atom. The van der Waals surface area contributed by atoms with Gasteiger partial charge in [0.15, 0.2) is 5.65 Å². The van der Waals surface area contributed by atoms with Gasteiger partial charge in [-0.25, -0.2) is 4.98 Å². The third-order valence-electron chi connectivity index (χ3n) is 4.63. The number of rotatable bonds is 2. The van der Waals surface area contributed by atoms with Crippen molar-refractivity contribution in [3.05, 3.63) is 40.9 Å². The molecule has 0 saturated carbocycles. The Bertz CT molecular complexity index is 876. The predicted molar refractivity (Wildman–Crippen MR) is 97.8 cm³/mol. The molecule has 7 heteroatoms. The van der Waals surface area contributed by atoms with E-state index in [0.717, 1.165) is 46.5 Å². The minimum atomic E-state index is 0.377. The number of likely N-dealkylation sites (N-methyl/N-ethyl adjacent to an activating group) is 1. The molecule has 4 heterocycles. The first-order valence-electron chi connectivity index (χ1n) is 8.06. The maximum atomic E-state index is 6.34. The fourth-order valence-electron chi connectivity index (χ4n) is 3.40. The molecule has 6 nitrogen and oxygen atoms in total. The highest BCUT2D eigenvalue weighted by atomic mass is 79.9. The van der Waals surface area contributed by atoms with Gasteiger partial charge < -0.3 is 10.6 Å². The summed E-state index contributed by atoms with van der Waals surface area (Å²) >= 11 is 3.64. The lowest BCUT2D eigenvalue weighted by molar-refractivity contribution is 0.248. The molecule has 124 valence electrons. The van der Waals surface area contributed by atoms with Crippen molar-refractivity contribution >= 4 is 27.4 Å². The van der Waals surface area contributed by atoms with Crippen LogP contribution in [0.4, 0.5) is 5.82 Å². The Morgan fingerprint density at radius 3 is 2.96 bits per heavy atom. The van der Waals surface area contributed by atoms with Gasteiger partial charge in [0, 0.05) is 36.0 Å². The molecule has 1 aliphatic rings. The van der Waals surface area contributed by atoms with E-state index in [1.54, 1.807) is 16.9 Å². The zero-order valence-electron chi connectivity index (χ0n) is 13.5. The van der Waals surface area contributed by atoms with Crippen LogP contribution in [0, 0.1) is 0 Å². The third-order valence-corrected chi connectivity index (χ3v) is 5.44. The second-order valence-electron chi connectivity index (χ2n) is 6.33. The number of aromatic nitrogens is 4. The quantitative estimate of drug-likeness (QED) is 0.732. The molecule has 0 bridgehead atoms. The molecule has 3 aromatic rings. The lowest BCUT2D eigenvalue weighted by Crippen LogP contribution is -2.31. The zero-order valence-corrected chi connectivity index (χ0v) is 15.1. The highest BCUT2D eigenvalue weighted by Gasteiger charge is 2.25. The molecule has 0 aliphatic carbocycles. The number of hydrogen-bond acceptors (Lipinski definition) is 5. The van der Waals surface area contributed by atoms with Crippen molar-refractivity contribution in [1.82, 2.24) is 24.5 Å². The van der Waals surface area contributed by atoms with E-state index in [1.165, 1.54) is 6.42 Å². The standard InChI is InChI=1S/C17H19BrN6/c1-23-7-3-5-12(10-23)15-14(18)16(19)24-17(22-15)13(9-21-24)11-4-2-6-20-8-11/h2,4,6,8-9,12H,3,5,7,10,19H2,1H3/t12-/m0/s1. The number of nitrogens with zero attached hydrogens (tertiary/aromatic N) is 5. The number of nitrogen functional groups attached to an aromatic ring is 1. The predicted octanol–water partition coefficient (Wildman–Crippen LogP) is 2.95. The Hall–Kier alpha value is -1.99. The van der Waals surface area contributed by atoms with Crippen LogP contribution in [-0.4, -0.2) is 44.6 Å². The summed E-state index contributed by atoms with van der Waals surface area (Å²) in [5.41, 5.74) is 10.1. The first-order valence-corrected chi connectivity index (χ1v) is 8.86. The summed E-state index contributed by atoms with van der Waals surface area (Å²) < 4.78 is 2.55. The fourth-order valence-corrected chi connectivity index (χ4v) is 3.98. The van der Waals surface area contributed by atoms with Crippen LogP contribution in [-0.2, 0) is 0 Å². The largest absolute Gasteiger partial charge is 0.383 e. The van der Waals surface area contributed by atoms with Crippen LogP contribution in [0.3, 0.4) is 0 Å². The van der Waals surface area contributed by atoms with Crippen molar-refractivity contribution in [3.63, 3.8) is 0 Å². The minimum absolute atomic E-state index is 0.377. The molecule has 0 aromatic carbocycles. The van der Waals surface area contributed by atoms with Gasteiger partial charge in [-0.1, -0.05) is 6.07 Å². The van der Waals surface area contributed by atoms with Crippen LogP contribution in [0.2, 0.25) is 0 Å². The van der Waals surface area contributed by atoms with E-state index >= 15 is 0 Å². The van der Waals surface area contributed by atoms with Crippen LogP contribution < -0.4 is 5.73 Å². The van der Waals surface area contributed by atoms with Crippen molar-refractivity contribution < 1.29 is 0 Å². The molecular weight excluding hydrogens is 368 g/mol. The van der Waals surface area contributed by atoms with E-state index in [1.807, 2.05) is 18.3 Å². The molecule has 1 saturated heterocycles. The molecule has 0 amide bonds. The summed E-state index contributed by atoms with van der Waals surface area (Å²) in [6.07, 6.45) is 7.69. The monoisotopic (exact) mass is 386 g/mol. The summed E-state index contributed by atoms with van der Waals surface area (Å²) in [5, 5.41) is 4.42. The molecule has 2 N–H and O–H groups in total. The summed E-state index contributed by atoms with van der Waals surface area (Å²) in [5.74, 6) is 0.973. The van der Waals surface area contributed by atoms with Gasteiger partial charge in [-0.2, -0.15) is 9.61 Å². The molecule has 4 rings (SSSR count). The minimum Gasteiger partial charge on any atom is -0.383 e. The normalized spacial score (nSPS) is 19.0. The lowest BCUT2D eigenvalue weighted by Gasteiger charge is -2.30. The van der Waals surface area contributed by atoms with Gasteiger partial charge in [-0.15, -0.1) is 0 Å². The Morgan fingerprint density at radius 2 is 2.21 bits per heavy atom. The molecule has 1 fully saturated rings. The van der Waals surface area contributed by atoms with Gasteiger partial charge in [-0.3, -0.25) is 4.98 Å². The first-order chi connectivity index (χ1) is 11.6. The van der Waals surface area contributed by atoms with Crippen LogP contribution in [0.5, 0.6) is 0 Å². The number of likely N-dealkylation sites (tertiary alicyclic amines) is 1. The fraction of sp³-hybridized carbons (Fsp3) is 0.353. The number of anilines is 1. The average molecular weight is 387 g/mol. The molecule has 1 atom stereocenters. The van der Waals surface area contributed by atoms with Gasteiger partial charge in [0.2, 0.25) is 0 Å². The summed E-state index contributed by atoms with van der Waals surface area (Å²) in [6, 6.07) is 3.93. The summed E-state index contributed by atoms with van der Waals surface area (Å²) in [4.78, 5) is 11.5. The lowest BCUT2D eigenvalue weighted by atomic mass is 9.94. The van der Waals surface area contributed by atoms with Crippen molar-refractivity contribution in [2.24, 2.45) is 0 Å². The Kier molecular flexibility index (Phi) is 3.97. The Balaban J connectivity index is 1.88. The highest BCUT2D eigenvalue weighted by molar-refractivity contribution is 9.10. The molecule has 1 aliphatic heterocycles. The van der Waals surface area contributed by atoms with Gasteiger partial charge in [0.05, 0.1) is 16.4 Å². The maximum absolute atomic E-state index is 6.34.